The van der Waals surface area contributed by atoms with Crippen molar-refractivity contribution in [3.63, 3.8) is 0 Å². The highest BCUT2D eigenvalue weighted by Crippen LogP contribution is 2.41. The van der Waals surface area contributed by atoms with Gasteiger partial charge in [-0.15, -0.1) is 0 Å². The minimum absolute atomic E-state index is 0.0662. The standard InChI is InChI=1S/C18H17Cl2F3N4O2S2/c1-25-4-6-26(7-5-25)24-14(28)9-27-16(29)13(31-17(27)30)8-10-11(18(21,22)23)2-3-12(19)15(10)20/h2-3,8H,4-7,9H2,1H3,(H,24,28)/b13-8-. The maximum Gasteiger partial charge on any atom is 0.417 e. The van der Waals surface area contributed by atoms with Crippen LogP contribution in [-0.2, 0) is 15.8 Å². The highest BCUT2D eigenvalue weighted by atomic mass is 35.5. The summed E-state index contributed by atoms with van der Waals surface area (Å²) < 4.78 is 40.2. The van der Waals surface area contributed by atoms with Crippen molar-refractivity contribution in [1.29, 1.82) is 0 Å². The smallest absolute Gasteiger partial charge is 0.304 e. The number of carbonyl (C=O) groups is 2. The zero-order valence-corrected chi connectivity index (χ0v) is 19.3. The van der Waals surface area contributed by atoms with Crippen LogP contribution in [0.3, 0.4) is 0 Å². The second-order valence-corrected chi connectivity index (χ2v) is 9.37. The number of rotatable bonds is 4. The predicted octanol–water partition coefficient (Wildman–Crippen LogP) is 3.49. The van der Waals surface area contributed by atoms with Crippen molar-refractivity contribution in [2.75, 3.05) is 39.8 Å². The van der Waals surface area contributed by atoms with Crippen molar-refractivity contribution in [3.05, 3.63) is 38.2 Å². The first-order chi connectivity index (χ1) is 14.5. The SMILES string of the molecule is CN1CCN(NC(=O)CN2C(=O)/C(=C/c3c(C(F)(F)F)ccc(Cl)c3Cl)SC2=S)CC1. The third-order valence-corrected chi connectivity index (χ3v) is 6.87. The summed E-state index contributed by atoms with van der Waals surface area (Å²) in [7, 11) is 1.97. The third-order valence-electron chi connectivity index (χ3n) is 4.67. The van der Waals surface area contributed by atoms with Crippen LogP contribution in [0.4, 0.5) is 13.2 Å². The zero-order valence-electron chi connectivity index (χ0n) is 16.1. The van der Waals surface area contributed by atoms with Crippen LogP contribution in [0.25, 0.3) is 6.08 Å². The third kappa shape index (κ3) is 5.71. The van der Waals surface area contributed by atoms with E-state index in [0.29, 0.717) is 13.1 Å². The van der Waals surface area contributed by atoms with Gasteiger partial charge < -0.3 is 4.90 Å². The number of likely N-dealkylation sites (N-methyl/N-ethyl adjacent to an activating group) is 1. The van der Waals surface area contributed by atoms with E-state index >= 15 is 0 Å². The largest absolute Gasteiger partial charge is 0.417 e. The van der Waals surface area contributed by atoms with Gasteiger partial charge in [0.2, 0.25) is 0 Å². The van der Waals surface area contributed by atoms with Crippen molar-refractivity contribution < 1.29 is 22.8 Å². The Labute approximate surface area is 196 Å². The minimum atomic E-state index is -4.70. The fraction of sp³-hybridized carbons (Fsp3) is 0.389. The fourth-order valence-electron chi connectivity index (χ4n) is 3.00. The molecule has 0 saturated carbocycles. The Balaban J connectivity index is 1.77. The van der Waals surface area contributed by atoms with E-state index in [1.165, 1.54) is 0 Å². The number of carbonyl (C=O) groups excluding carboxylic acids is 2. The number of nitrogens with zero attached hydrogens (tertiary/aromatic N) is 3. The first kappa shape index (κ1) is 24.3. The van der Waals surface area contributed by atoms with Crippen molar-refractivity contribution >= 4 is 69.4 Å². The van der Waals surface area contributed by atoms with E-state index in [1.54, 1.807) is 5.01 Å². The topological polar surface area (TPSA) is 55.9 Å². The lowest BCUT2D eigenvalue weighted by molar-refractivity contribution is -0.137. The Morgan fingerprint density at radius 2 is 1.90 bits per heavy atom. The van der Waals surface area contributed by atoms with Crippen LogP contribution in [0.5, 0.6) is 0 Å². The van der Waals surface area contributed by atoms with E-state index in [1.807, 2.05) is 7.05 Å². The molecule has 2 aliphatic rings. The van der Waals surface area contributed by atoms with Crippen LogP contribution in [0.1, 0.15) is 11.1 Å². The summed E-state index contributed by atoms with van der Waals surface area (Å²) in [5.41, 5.74) is 1.26. The monoisotopic (exact) mass is 512 g/mol. The minimum Gasteiger partial charge on any atom is -0.304 e. The normalized spacial score (nSPS) is 20.1. The molecule has 3 rings (SSSR count). The summed E-state index contributed by atoms with van der Waals surface area (Å²) in [5, 5.41) is 1.34. The van der Waals surface area contributed by atoms with Crippen molar-refractivity contribution in [3.8, 4) is 0 Å². The Bertz CT molecular complexity index is 950. The van der Waals surface area contributed by atoms with Gasteiger partial charge in [-0.2, -0.15) is 13.2 Å². The van der Waals surface area contributed by atoms with Gasteiger partial charge in [0, 0.05) is 31.7 Å². The molecule has 0 radical (unpaired) electrons. The lowest BCUT2D eigenvalue weighted by Gasteiger charge is -2.32. The molecule has 2 saturated heterocycles. The molecule has 31 heavy (non-hydrogen) atoms. The van der Waals surface area contributed by atoms with Crippen LogP contribution in [0, 0.1) is 0 Å². The number of halogens is 5. The maximum absolute atomic E-state index is 13.4. The van der Waals surface area contributed by atoms with E-state index in [2.05, 4.69) is 10.3 Å². The van der Waals surface area contributed by atoms with Gasteiger partial charge in [0.1, 0.15) is 10.9 Å². The average Bonchev–Trinajstić information content (AvgIpc) is 2.94. The second-order valence-electron chi connectivity index (χ2n) is 6.91. The Morgan fingerprint density at radius 3 is 2.52 bits per heavy atom. The van der Waals surface area contributed by atoms with Gasteiger partial charge in [0.25, 0.3) is 11.8 Å². The maximum atomic E-state index is 13.4. The highest BCUT2D eigenvalue weighted by molar-refractivity contribution is 8.26. The molecule has 2 fully saturated rings. The summed E-state index contributed by atoms with van der Waals surface area (Å²) in [6.07, 6.45) is -3.69. The molecule has 1 aromatic rings. The molecule has 0 atom stereocenters. The molecule has 13 heteroatoms. The van der Waals surface area contributed by atoms with Gasteiger partial charge in [-0.1, -0.05) is 47.2 Å². The lowest BCUT2D eigenvalue weighted by atomic mass is 10.1. The van der Waals surface area contributed by atoms with Gasteiger partial charge >= 0.3 is 6.18 Å². The molecule has 0 aromatic heterocycles. The van der Waals surface area contributed by atoms with Crippen LogP contribution in [0.2, 0.25) is 10.0 Å². The molecule has 0 bridgehead atoms. The zero-order chi connectivity index (χ0) is 22.9. The van der Waals surface area contributed by atoms with Crippen molar-refractivity contribution in [2.45, 2.75) is 6.18 Å². The number of amides is 2. The van der Waals surface area contributed by atoms with E-state index < -0.39 is 29.1 Å². The van der Waals surface area contributed by atoms with Gasteiger partial charge in [0.05, 0.1) is 20.5 Å². The van der Waals surface area contributed by atoms with Gasteiger partial charge in [0.15, 0.2) is 0 Å². The van der Waals surface area contributed by atoms with Crippen LogP contribution in [0.15, 0.2) is 17.0 Å². The van der Waals surface area contributed by atoms with E-state index in [9.17, 15) is 22.8 Å². The first-order valence-corrected chi connectivity index (χ1v) is 11.0. The highest BCUT2D eigenvalue weighted by Gasteiger charge is 2.37. The van der Waals surface area contributed by atoms with Gasteiger partial charge in [-0.05, 0) is 25.3 Å². The summed E-state index contributed by atoms with van der Waals surface area (Å²) in [6, 6.07) is 1.84. The van der Waals surface area contributed by atoms with Crippen molar-refractivity contribution in [1.82, 2.24) is 20.2 Å². The number of thiocarbonyl (C=S) groups is 1. The molecular weight excluding hydrogens is 496 g/mol. The number of thioether (sulfide) groups is 1. The molecule has 6 nitrogen and oxygen atoms in total. The molecule has 0 aliphatic carbocycles. The van der Waals surface area contributed by atoms with Crippen LogP contribution in [-0.4, -0.2) is 70.7 Å². The molecule has 1 N–H and O–H groups in total. The molecule has 168 valence electrons. The van der Waals surface area contributed by atoms with Crippen molar-refractivity contribution in [2.24, 2.45) is 0 Å². The Morgan fingerprint density at radius 1 is 1.26 bits per heavy atom. The fourth-order valence-corrected chi connectivity index (χ4v) is 4.62. The second kappa shape index (κ2) is 9.63. The number of hydrazine groups is 1. The van der Waals surface area contributed by atoms with Gasteiger partial charge in [-0.25, -0.2) is 5.01 Å². The summed E-state index contributed by atoms with van der Waals surface area (Å²) >= 11 is 17.8. The molecule has 2 aliphatic heterocycles. The number of alkyl halides is 3. The molecule has 0 spiro atoms. The Hall–Kier alpha value is -1.37. The molecule has 0 unspecified atom stereocenters. The molecule has 1 aromatic carbocycles. The summed E-state index contributed by atoms with van der Waals surface area (Å²) in [6.45, 7) is 2.49. The van der Waals surface area contributed by atoms with Crippen LogP contribution < -0.4 is 5.43 Å². The average molecular weight is 513 g/mol. The quantitative estimate of drug-likeness (QED) is 0.492. The van der Waals surface area contributed by atoms with E-state index in [0.717, 1.165) is 48.0 Å². The summed E-state index contributed by atoms with van der Waals surface area (Å²) in [5.74, 6) is -1.12. The number of piperazine rings is 1. The number of hydrogen-bond donors (Lipinski definition) is 1. The number of nitrogens with one attached hydrogen (secondary N) is 1. The number of hydrogen-bond acceptors (Lipinski definition) is 6. The first-order valence-electron chi connectivity index (χ1n) is 9.01. The van der Waals surface area contributed by atoms with E-state index in [4.69, 9.17) is 35.4 Å². The predicted molar refractivity (Wildman–Crippen MR) is 119 cm³/mol. The number of benzene rings is 1. The lowest BCUT2D eigenvalue weighted by Crippen LogP contribution is -2.54. The summed E-state index contributed by atoms with van der Waals surface area (Å²) in [4.78, 5) is 28.2. The molecule has 2 amide bonds. The van der Waals surface area contributed by atoms with Gasteiger partial charge in [-0.3, -0.25) is 19.9 Å². The Kier molecular flexibility index (Phi) is 7.54. The molecule has 2 heterocycles. The molecular formula is C18H17Cl2F3N4O2S2. The van der Waals surface area contributed by atoms with Crippen LogP contribution >= 0.6 is 47.2 Å². The van der Waals surface area contributed by atoms with E-state index in [-0.39, 0.29) is 25.8 Å².